The van der Waals surface area contributed by atoms with Gasteiger partial charge in [-0.3, -0.25) is 14.7 Å². The van der Waals surface area contributed by atoms with E-state index in [0.29, 0.717) is 12.0 Å². The molecule has 3 atom stereocenters. The maximum Gasteiger partial charge on any atom is 0.230 e. The van der Waals surface area contributed by atoms with Crippen molar-refractivity contribution >= 4 is 17.2 Å². The highest BCUT2D eigenvalue weighted by atomic mass is 32.1. The second-order valence-electron chi connectivity index (χ2n) is 6.72. The number of carbonyl (C=O) groups excluding carboxylic acids is 1. The van der Waals surface area contributed by atoms with Crippen LogP contribution in [0, 0.1) is 5.92 Å². The Morgan fingerprint density at radius 1 is 1.46 bits per heavy atom. The summed E-state index contributed by atoms with van der Waals surface area (Å²) in [5, 5.41) is 2.03. The second-order valence-corrected chi connectivity index (χ2v) is 7.70. The number of hydrogen-bond acceptors (Lipinski definition) is 4. The molecule has 5 heteroatoms. The van der Waals surface area contributed by atoms with Crippen LogP contribution in [0.25, 0.3) is 0 Å². The van der Waals surface area contributed by atoms with Gasteiger partial charge < -0.3 is 4.90 Å². The standard InChI is InChI=1S/C19H25N3OS/c1-14(17-7-5-11-24-17)19(23)22(3)13-16-8-10-21(2)18(16)15-6-4-9-20-12-15/h4-7,9,11-12,14,16,18H,8,10,13H2,1-3H3/t14?,16-,18-/m0/s1. The molecule has 3 heterocycles. The van der Waals surface area contributed by atoms with Crippen LogP contribution < -0.4 is 0 Å². The fraction of sp³-hybridized carbons (Fsp3) is 0.474. The van der Waals surface area contributed by atoms with Crippen LogP contribution in [0.5, 0.6) is 0 Å². The van der Waals surface area contributed by atoms with Crippen LogP contribution >= 0.6 is 11.3 Å². The molecule has 1 saturated heterocycles. The Labute approximate surface area is 148 Å². The Bertz CT molecular complexity index is 659. The number of thiophene rings is 1. The van der Waals surface area contributed by atoms with Crippen LogP contribution in [-0.4, -0.2) is 47.9 Å². The maximum absolute atomic E-state index is 12.8. The molecule has 0 N–H and O–H groups in total. The second kappa shape index (κ2) is 7.45. The molecule has 128 valence electrons. The summed E-state index contributed by atoms with van der Waals surface area (Å²) < 4.78 is 0. The van der Waals surface area contributed by atoms with Crippen LogP contribution in [0.3, 0.4) is 0 Å². The predicted octanol–water partition coefficient (Wildman–Crippen LogP) is 3.40. The third-order valence-electron chi connectivity index (χ3n) is 5.02. The molecule has 4 nitrogen and oxygen atoms in total. The molecular formula is C19H25N3OS. The lowest BCUT2D eigenvalue weighted by molar-refractivity contribution is -0.131. The molecule has 0 spiro atoms. The summed E-state index contributed by atoms with van der Waals surface area (Å²) in [6.07, 6.45) is 4.88. The lowest BCUT2D eigenvalue weighted by Gasteiger charge is -2.29. The van der Waals surface area contributed by atoms with Gasteiger partial charge in [0.2, 0.25) is 5.91 Å². The molecule has 1 aliphatic heterocycles. The number of carbonyl (C=O) groups is 1. The molecule has 0 radical (unpaired) electrons. The number of nitrogens with zero attached hydrogens (tertiary/aromatic N) is 3. The number of hydrogen-bond donors (Lipinski definition) is 0. The monoisotopic (exact) mass is 343 g/mol. The van der Waals surface area contributed by atoms with Crippen molar-refractivity contribution < 1.29 is 4.79 Å². The summed E-state index contributed by atoms with van der Waals surface area (Å²) in [5.41, 5.74) is 1.25. The highest BCUT2D eigenvalue weighted by Gasteiger charge is 2.35. The summed E-state index contributed by atoms with van der Waals surface area (Å²) in [4.78, 5) is 22.5. The third kappa shape index (κ3) is 3.52. The van der Waals surface area contributed by atoms with Gasteiger partial charge in [0, 0.05) is 36.9 Å². The van der Waals surface area contributed by atoms with Gasteiger partial charge in [0.25, 0.3) is 0 Å². The highest BCUT2D eigenvalue weighted by molar-refractivity contribution is 7.10. The van der Waals surface area contributed by atoms with Crippen molar-refractivity contribution in [3.8, 4) is 0 Å². The van der Waals surface area contributed by atoms with E-state index >= 15 is 0 Å². The van der Waals surface area contributed by atoms with Crippen LogP contribution in [0.4, 0.5) is 0 Å². The van der Waals surface area contributed by atoms with Gasteiger partial charge in [-0.25, -0.2) is 0 Å². The van der Waals surface area contributed by atoms with Crippen LogP contribution in [0.1, 0.15) is 35.7 Å². The largest absolute Gasteiger partial charge is 0.345 e. The molecule has 1 amide bonds. The van der Waals surface area contributed by atoms with Gasteiger partial charge in [0.05, 0.1) is 5.92 Å². The molecule has 0 aromatic carbocycles. The van der Waals surface area contributed by atoms with Gasteiger partial charge in [-0.1, -0.05) is 12.1 Å². The number of likely N-dealkylation sites (tertiary alicyclic amines) is 1. The Morgan fingerprint density at radius 3 is 2.96 bits per heavy atom. The van der Waals surface area contributed by atoms with Gasteiger partial charge in [0.1, 0.15) is 0 Å². The van der Waals surface area contributed by atoms with Gasteiger partial charge >= 0.3 is 0 Å². The molecule has 0 aliphatic carbocycles. The first-order valence-corrected chi connectivity index (χ1v) is 9.34. The molecule has 1 aliphatic rings. The van der Waals surface area contributed by atoms with Gasteiger partial charge in [-0.05, 0) is 55.9 Å². The highest BCUT2D eigenvalue weighted by Crippen LogP contribution is 2.36. The first-order valence-electron chi connectivity index (χ1n) is 8.46. The van der Waals surface area contributed by atoms with Crippen molar-refractivity contribution in [1.82, 2.24) is 14.8 Å². The molecular weight excluding hydrogens is 318 g/mol. The Morgan fingerprint density at radius 2 is 2.29 bits per heavy atom. The molecule has 2 aromatic heterocycles. The fourth-order valence-electron chi connectivity index (χ4n) is 3.73. The van der Waals surface area contributed by atoms with Crippen molar-refractivity contribution in [2.24, 2.45) is 5.92 Å². The van der Waals surface area contributed by atoms with Crippen LogP contribution in [0.2, 0.25) is 0 Å². The first-order chi connectivity index (χ1) is 11.6. The van der Waals surface area contributed by atoms with Crippen molar-refractivity contribution in [3.63, 3.8) is 0 Å². The van der Waals surface area contributed by atoms with E-state index in [4.69, 9.17) is 0 Å². The summed E-state index contributed by atoms with van der Waals surface area (Å²) in [7, 11) is 4.10. The summed E-state index contributed by atoms with van der Waals surface area (Å²) in [6.45, 7) is 3.86. The molecule has 3 rings (SSSR count). The molecule has 1 unspecified atom stereocenters. The molecule has 0 saturated carbocycles. The topological polar surface area (TPSA) is 36.4 Å². The smallest absolute Gasteiger partial charge is 0.230 e. The van der Waals surface area contributed by atoms with Crippen molar-refractivity contribution in [1.29, 1.82) is 0 Å². The molecule has 24 heavy (non-hydrogen) atoms. The molecule has 2 aromatic rings. The molecule has 0 bridgehead atoms. The van der Waals surface area contributed by atoms with E-state index in [1.54, 1.807) is 11.3 Å². The zero-order valence-electron chi connectivity index (χ0n) is 14.6. The fourth-order valence-corrected chi connectivity index (χ4v) is 4.50. The molecule has 1 fully saturated rings. The number of aromatic nitrogens is 1. The van der Waals surface area contributed by atoms with E-state index in [1.165, 1.54) is 5.56 Å². The summed E-state index contributed by atoms with van der Waals surface area (Å²) in [6, 6.07) is 8.53. The van der Waals surface area contributed by atoms with Gasteiger partial charge in [-0.15, -0.1) is 11.3 Å². The Hall–Kier alpha value is -1.72. The minimum Gasteiger partial charge on any atom is -0.345 e. The summed E-state index contributed by atoms with van der Waals surface area (Å²) >= 11 is 1.65. The summed E-state index contributed by atoms with van der Waals surface area (Å²) in [5.74, 6) is 0.589. The average Bonchev–Trinajstić information content (AvgIpc) is 3.24. The van der Waals surface area contributed by atoms with E-state index in [-0.39, 0.29) is 11.8 Å². The average molecular weight is 343 g/mol. The van der Waals surface area contributed by atoms with E-state index in [0.717, 1.165) is 24.4 Å². The number of amides is 1. The lowest BCUT2D eigenvalue weighted by Crippen LogP contribution is -2.36. The normalized spacial score (nSPS) is 22.5. The number of rotatable bonds is 5. The van der Waals surface area contributed by atoms with Crippen molar-refractivity contribution in [2.75, 3.05) is 27.2 Å². The number of likely N-dealkylation sites (N-methyl/N-ethyl adjacent to an activating group) is 1. The maximum atomic E-state index is 12.8. The van der Waals surface area contributed by atoms with Crippen LogP contribution in [0.15, 0.2) is 42.0 Å². The first kappa shape index (κ1) is 17.1. The Kier molecular flexibility index (Phi) is 5.31. The van der Waals surface area contributed by atoms with E-state index in [9.17, 15) is 4.79 Å². The SMILES string of the molecule is CC(C(=O)N(C)C[C@@H]1CCN(C)[C@H]1c1cccnc1)c1cccs1. The van der Waals surface area contributed by atoms with Crippen molar-refractivity contribution in [3.05, 3.63) is 52.5 Å². The van der Waals surface area contributed by atoms with Gasteiger partial charge in [0.15, 0.2) is 0 Å². The number of pyridine rings is 1. The van der Waals surface area contributed by atoms with Crippen molar-refractivity contribution in [2.45, 2.75) is 25.3 Å². The van der Waals surface area contributed by atoms with E-state index < -0.39 is 0 Å². The third-order valence-corrected chi connectivity index (χ3v) is 6.08. The predicted molar refractivity (Wildman–Crippen MR) is 98.1 cm³/mol. The zero-order chi connectivity index (χ0) is 17.1. The van der Waals surface area contributed by atoms with E-state index in [2.05, 4.69) is 23.0 Å². The quantitative estimate of drug-likeness (QED) is 0.835. The minimum atomic E-state index is -0.0639. The lowest BCUT2D eigenvalue weighted by atomic mass is 9.94. The Balaban J connectivity index is 1.69. The zero-order valence-corrected chi connectivity index (χ0v) is 15.4. The van der Waals surface area contributed by atoms with Gasteiger partial charge in [-0.2, -0.15) is 0 Å². The van der Waals surface area contributed by atoms with Crippen LogP contribution in [-0.2, 0) is 4.79 Å². The minimum absolute atomic E-state index is 0.0639. The van der Waals surface area contributed by atoms with E-state index in [1.807, 2.05) is 54.8 Å².